The van der Waals surface area contributed by atoms with E-state index in [1.165, 1.54) is 0 Å². The van der Waals surface area contributed by atoms with Crippen molar-refractivity contribution in [3.05, 3.63) is 64.7 Å². The van der Waals surface area contributed by atoms with Crippen molar-refractivity contribution in [3.63, 3.8) is 0 Å². The Kier molecular flexibility index (Phi) is 6.95. The smallest absolute Gasteiger partial charge is 0.215 e. The minimum absolute atomic E-state index is 0.105. The van der Waals surface area contributed by atoms with E-state index in [2.05, 4.69) is 10.2 Å². The van der Waals surface area contributed by atoms with Crippen LogP contribution in [0.3, 0.4) is 0 Å². The lowest BCUT2D eigenvalue weighted by atomic mass is 10.1. The molecule has 1 saturated heterocycles. The molecule has 0 radical (unpaired) electrons. The highest BCUT2D eigenvalue weighted by atomic mass is 35.5. The molecule has 2 aromatic rings. The summed E-state index contributed by atoms with van der Waals surface area (Å²) in [5.74, 6) is 0.105. The van der Waals surface area contributed by atoms with Crippen LogP contribution < -0.4 is 5.32 Å². The molecule has 6 nitrogen and oxygen atoms in total. The number of morpholine rings is 1. The fourth-order valence-electron chi connectivity index (χ4n) is 4.06. The highest BCUT2D eigenvalue weighted by Crippen LogP contribution is 2.28. The van der Waals surface area contributed by atoms with Gasteiger partial charge in [-0.1, -0.05) is 41.9 Å². The number of halogens is 1. The molecule has 2 aromatic carbocycles. The number of benzene rings is 2. The Morgan fingerprint density at radius 1 is 1.10 bits per heavy atom. The molecule has 1 N–H and O–H groups in total. The molecule has 1 fully saturated rings. The minimum atomic E-state index is -3.46. The van der Waals surface area contributed by atoms with Crippen LogP contribution in [0.2, 0.25) is 5.02 Å². The predicted molar refractivity (Wildman–Crippen MR) is 120 cm³/mol. The summed E-state index contributed by atoms with van der Waals surface area (Å²) in [5, 5.41) is 4.05. The lowest BCUT2D eigenvalue weighted by Gasteiger charge is -2.31. The van der Waals surface area contributed by atoms with Gasteiger partial charge in [0, 0.05) is 49.5 Å². The second-order valence-electron chi connectivity index (χ2n) is 7.84. The predicted octanol–water partition coefficient (Wildman–Crippen LogP) is 2.84. The zero-order valence-corrected chi connectivity index (χ0v) is 18.5. The van der Waals surface area contributed by atoms with E-state index in [9.17, 15) is 8.42 Å². The molecule has 8 heteroatoms. The van der Waals surface area contributed by atoms with Gasteiger partial charge in [0.1, 0.15) is 0 Å². The third-order valence-electron chi connectivity index (χ3n) is 5.77. The first kappa shape index (κ1) is 21.6. The van der Waals surface area contributed by atoms with Crippen LogP contribution in [0, 0.1) is 0 Å². The number of hydrogen-bond acceptors (Lipinski definition) is 5. The van der Waals surface area contributed by atoms with Crippen LogP contribution in [0.4, 0.5) is 5.69 Å². The number of rotatable bonds is 6. The Bertz CT molecular complexity index is 949. The van der Waals surface area contributed by atoms with Crippen LogP contribution >= 0.6 is 11.6 Å². The Hall–Kier alpha value is -1.64. The molecule has 2 aliphatic heterocycles. The zero-order valence-electron chi connectivity index (χ0n) is 17.0. The van der Waals surface area contributed by atoms with E-state index in [-0.39, 0.29) is 11.8 Å². The molecular weight excluding hydrogens is 422 g/mol. The van der Waals surface area contributed by atoms with Gasteiger partial charge >= 0.3 is 0 Å². The van der Waals surface area contributed by atoms with E-state index in [0.29, 0.717) is 44.3 Å². The molecule has 0 bridgehead atoms. The Balaban J connectivity index is 1.57. The third-order valence-corrected chi connectivity index (χ3v) is 7.84. The minimum Gasteiger partial charge on any atom is -0.383 e. The van der Waals surface area contributed by atoms with Gasteiger partial charge in [0.25, 0.3) is 0 Å². The van der Waals surface area contributed by atoms with E-state index >= 15 is 0 Å². The van der Waals surface area contributed by atoms with Crippen molar-refractivity contribution >= 4 is 27.3 Å². The lowest BCUT2D eigenvalue weighted by Crippen LogP contribution is -2.47. The quantitative estimate of drug-likeness (QED) is 0.734. The van der Waals surface area contributed by atoms with E-state index in [1.54, 1.807) is 4.31 Å². The SMILES string of the molecule is O=S(=O)(CCN1CCOCC1)N1Cc2cc(Cl)ccc2NC[C@H]1Cc1ccccc1. The standard InChI is InChI=1S/C22H28ClN3O3S/c23-20-6-7-22-19(15-20)17-26(21(16-24-22)14-18-4-2-1-3-5-18)30(27,28)13-10-25-8-11-29-12-9-25/h1-7,15,21,24H,8-14,16-17H2/t21-/m1/s1. The fraction of sp³-hybridized carbons (Fsp3) is 0.455. The molecule has 4 rings (SSSR count). The number of fused-ring (bicyclic) bond motifs is 1. The molecule has 30 heavy (non-hydrogen) atoms. The fourth-order valence-corrected chi connectivity index (χ4v) is 5.92. The molecule has 0 spiro atoms. The van der Waals surface area contributed by atoms with Gasteiger partial charge in [0.2, 0.25) is 10.0 Å². The number of ether oxygens (including phenoxy) is 1. The van der Waals surface area contributed by atoms with Gasteiger partial charge in [0.05, 0.1) is 19.0 Å². The van der Waals surface area contributed by atoms with Crippen molar-refractivity contribution in [1.82, 2.24) is 9.21 Å². The van der Waals surface area contributed by atoms with Gasteiger partial charge in [-0.3, -0.25) is 4.90 Å². The van der Waals surface area contributed by atoms with E-state index < -0.39 is 10.0 Å². The number of nitrogens with one attached hydrogen (secondary N) is 1. The molecular formula is C22H28ClN3O3S. The maximum atomic E-state index is 13.5. The van der Waals surface area contributed by atoms with E-state index in [4.69, 9.17) is 16.3 Å². The molecule has 0 unspecified atom stereocenters. The molecule has 0 aliphatic carbocycles. The molecule has 162 valence electrons. The van der Waals surface area contributed by atoms with Crippen LogP contribution in [0.25, 0.3) is 0 Å². The Morgan fingerprint density at radius 2 is 1.87 bits per heavy atom. The van der Waals surface area contributed by atoms with Crippen LogP contribution in [-0.4, -0.2) is 68.8 Å². The zero-order chi connectivity index (χ0) is 21.0. The Morgan fingerprint density at radius 3 is 2.63 bits per heavy atom. The number of sulfonamides is 1. The van der Waals surface area contributed by atoms with Crippen molar-refractivity contribution in [2.45, 2.75) is 19.0 Å². The monoisotopic (exact) mass is 449 g/mol. The molecule has 2 heterocycles. The number of hydrogen-bond donors (Lipinski definition) is 1. The topological polar surface area (TPSA) is 61.9 Å². The van der Waals surface area contributed by atoms with Crippen molar-refractivity contribution in [2.24, 2.45) is 0 Å². The number of nitrogens with zero attached hydrogens (tertiary/aromatic N) is 2. The summed E-state index contributed by atoms with van der Waals surface area (Å²) in [6, 6.07) is 15.5. The van der Waals surface area contributed by atoms with Gasteiger partial charge in [-0.2, -0.15) is 4.31 Å². The first-order valence-electron chi connectivity index (χ1n) is 10.4. The summed E-state index contributed by atoms with van der Waals surface area (Å²) in [6.45, 7) is 4.29. The van der Waals surface area contributed by atoms with Crippen molar-refractivity contribution in [3.8, 4) is 0 Å². The highest BCUT2D eigenvalue weighted by molar-refractivity contribution is 7.89. The van der Waals surface area contributed by atoms with E-state index in [0.717, 1.165) is 29.9 Å². The molecule has 1 atom stereocenters. The third kappa shape index (κ3) is 5.34. The maximum Gasteiger partial charge on any atom is 0.215 e. The second kappa shape index (κ2) is 9.66. The van der Waals surface area contributed by atoms with Crippen LogP contribution in [0.1, 0.15) is 11.1 Å². The van der Waals surface area contributed by atoms with Crippen LogP contribution in [0.15, 0.2) is 48.5 Å². The summed E-state index contributed by atoms with van der Waals surface area (Å²) >= 11 is 6.21. The van der Waals surface area contributed by atoms with Crippen molar-refractivity contribution in [2.75, 3.05) is 50.5 Å². The second-order valence-corrected chi connectivity index (χ2v) is 10.3. The summed E-state index contributed by atoms with van der Waals surface area (Å²) < 4.78 is 34.0. The highest BCUT2D eigenvalue weighted by Gasteiger charge is 2.33. The maximum absolute atomic E-state index is 13.5. The molecule has 0 amide bonds. The van der Waals surface area contributed by atoms with Gasteiger partial charge in [-0.15, -0.1) is 0 Å². The first-order chi connectivity index (χ1) is 14.5. The largest absolute Gasteiger partial charge is 0.383 e. The van der Waals surface area contributed by atoms with E-state index in [1.807, 2.05) is 48.5 Å². The van der Waals surface area contributed by atoms with Crippen LogP contribution in [-0.2, 0) is 27.7 Å². The van der Waals surface area contributed by atoms with Gasteiger partial charge in [0.15, 0.2) is 0 Å². The number of anilines is 1. The summed E-state index contributed by atoms with van der Waals surface area (Å²) in [5.41, 5.74) is 2.98. The van der Waals surface area contributed by atoms with Crippen LogP contribution in [0.5, 0.6) is 0 Å². The van der Waals surface area contributed by atoms with Gasteiger partial charge < -0.3 is 10.1 Å². The average Bonchev–Trinajstić information content (AvgIpc) is 2.94. The molecule has 2 aliphatic rings. The van der Waals surface area contributed by atoms with Crippen molar-refractivity contribution < 1.29 is 13.2 Å². The average molecular weight is 450 g/mol. The summed E-state index contributed by atoms with van der Waals surface area (Å²) in [4.78, 5) is 2.16. The van der Waals surface area contributed by atoms with Gasteiger partial charge in [-0.25, -0.2) is 8.42 Å². The first-order valence-corrected chi connectivity index (χ1v) is 12.4. The summed E-state index contributed by atoms with van der Waals surface area (Å²) in [7, 11) is -3.46. The van der Waals surface area contributed by atoms with Crippen molar-refractivity contribution in [1.29, 1.82) is 0 Å². The van der Waals surface area contributed by atoms with Gasteiger partial charge in [-0.05, 0) is 35.7 Å². The lowest BCUT2D eigenvalue weighted by molar-refractivity contribution is 0.0406. The normalized spacial score (nSPS) is 20.9. The Labute approximate surface area is 183 Å². The molecule has 0 aromatic heterocycles. The molecule has 0 saturated carbocycles. The summed E-state index contributed by atoms with van der Waals surface area (Å²) in [6.07, 6.45) is 0.659.